The van der Waals surface area contributed by atoms with Crippen molar-refractivity contribution in [2.75, 3.05) is 0 Å². The standard InChI is InChI=1S/C12H7Br3O4/c13-6-3-8(14)11(9(15)4-6)18-5-7-1-2-10(19-7)12(16)17/h1-4H,5H2,(H,16,17)/p-1. The highest BCUT2D eigenvalue weighted by atomic mass is 79.9. The number of rotatable bonds is 4. The SMILES string of the molecule is O=C([O-])c1ccc(COc2c(Br)cc(Br)cc2Br)o1. The molecule has 0 unspecified atom stereocenters. The third kappa shape index (κ3) is 3.61. The number of carbonyl (C=O) groups excluding carboxylic acids is 1. The first-order valence-corrected chi connectivity index (χ1v) is 7.42. The van der Waals surface area contributed by atoms with Gasteiger partial charge < -0.3 is 19.1 Å². The molecule has 0 N–H and O–H groups in total. The molecule has 4 nitrogen and oxygen atoms in total. The monoisotopic (exact) mass is 451 g/mol. The molecule has 0 aliphatic rings. The lowest BCUT2D eigenvalue weighted by Crippen LogP contribution is -2.21. The van der Waals surface area contributed by atoms with Crippen molar-refractivity contribution in [1.29, 1.82) is 0 Å². The van der Waals surface area contributed by atoms with Crippen LogP contribution in [0.2, 0.25) is 0 Å². The molecule has 100 valence electrons. The number of halogens is 3. The fourth-order valence-corrected chi connectivity index (χ4v) is 3.86. The van der Waals surface area contributed by atoms with Crippen molar-refractivity contribution in [2.45, 2.75) is 6.61 Å². The molecule has 7 heteroatoms. The number of hydrogen-bond acceptors (Lipinski definition) is 4. The molecule has 0 aliphatic carbocycles. The number of carboxylic acid groups (broad SMARTS) is 1. The van der Waals surface area contributed by atoms with E-state index < -0.39 is 5.97 Å². The highest BCUT2D eigenvalue weighted by Crippen LogP contribution is 2.36. The molecule has 1 aromatic heterocycles. The lowest BCUT2D eigenvalue weighted by Gasteiger charge is -2.09. The molecule has 0 amide bonds. The Bertz CT molecular complexity index is 598. The second-order valence-corrected chi connectivity index (χ2v) is 6.17. The Balaban J connectivity index is 2.12. The lowest BCUT2D eigenvalue weighted by molar-refractivity contribution is -0.257. The Morgan fingerprint density at radius 1 is 1.21 bits per heavy atom. The molecule has 0 bridgehead atoms. The minimum atomic E-state index is -1.35. The second kappa shape index (κ2) is 6.11. The summed E-state index contributed by atoms with van der Waals surface area (Å²) >= 11 is 10.1. The van der Waals surface area contributed by atoms with Crippen LogP contribution in [-0.2, 0) is 6.61 Å². The van der Waals surface area contributed by atoms with E-state index in [1.807, 2.05) is 12.1 Å². The zero-order valence-corrected chi connectivity index (χ0v) is 14.0. The van der Waals surface area contributed by atoms with Crippen molar-refractivity contribution in [3.63, 3.8) is 0 Å². The summed E-state index contributed by atoms with van der Waals surface area (Å²) in [6.45, 7) is 0.117. The third-order valence-corrected chi connectivity index (χ3v) is 3.82. The van der Waals surface area contributed by atoms with E-state index in [0.717, 1.165) is 13.4 Å². The van der Waals surface area contributed by atoms with Crippen LogP contribution in [0.5, 0.6) is 5.75 Å². The Kier molecular flexibility index (Phi) is 4.70. The minimum absolute atomic E-state index is 0.117. The average Bonchev–Trinajstić information content (AvgIpc) is 2.76. The Labute approximate surface area is 134 Å². The first kappa shape index (κ1) is 14.6. The zero-order valence-electron chi connectivity index (χ0n) is 9.28. The summed E-state index contributed by atoms with van der Waals surface area (Å²) in [6, 6.07) is 6.55. The van der Waals surface area contributed by atoms with E-state index in [-0.39, 0.29) is 12.4 Å². The van der Waals surface area contributed by atoms with E-state index in [9.17, 15) is 9.90 Å². The summed E-state index contributed by atoms with van der Waals surface area (Å²) in [6.07, 6.45) is 0. The van der Waals surface area contributed by atoms with Crippen LogP contribution in [0.25, 0.3) is 0 Å². The van der Waals surface area contributed by atoms with E-state index in [0.29, 0.717) is 11.5 Å². The van der Waals surface area contributed by atoms with Crippen LogP contribution < -0.4 is 9.84 Å². The van der Waals surface area contributed by atoms with Gasteiger partial charge in [-0.2, -0.15) is 0 Å². The molecule has 2 aromatic rings. The zero-order chi connectivity index (χ0) is 14.0. The van der Waals surface area contributed by atoms with Gasteiger partial charge in [0.1, 0.15) is 29.8 Å². The van der Waals surface area contributed by atoms with Crippen LogP contribution in [0.3, 0.4) is 0 Å². The van der Waals surface area contributed by atoms with Gasteiger partial charge in [-0.3, -0.25) is 0 Å². The van der Waals surface area contributed by atoms with Gasteiger partial charge in [0, 0.05) is 4.47 Å². The van der Waals surface area contributed by atoms with Crippen LogP contribution in [0.15, 0.2) is 42.1 Å². The molecule has 0 saturated carbocycles. The number of hydrogen-bond donors (Lipinski definition) is 0. The number of furan rings is 1. The molecule has 0 atom stereocenters. The van der Waals surface area contributed by atoms with Crippen LogP contribution >= 0.6 is 47.8 Å². The Morgan fingerprint density at radius 3 is 2.37 bits per heavy atom. The van der Waals surface area contributed by atoms with Crippen molar-refractivity contribution in [2.24, 2.45) is 0 Å². The average molecular weight is 454 g/mol. The van der Waals surface area contributed by atoms with Gasteiger partial charge in [0.25, 0.3) is 0 Å². The first-order chi connectivity index (χ1) is 8.97. The highest BCUT2D eigenvalue weighted by Gasteiger charge is 2.10. The lowest BCUT2D eigenvalue weighted by atomic mass is 10.3. The fraction of sp³-hybridized carbons (Fsp3) is 0.0833. The molecule has 0 spiro atoms. The summed E-state index contributed by atoms with van der Waals surface area (Å²) in [7, 11) is 0. The van der Waals surface area contributed by atoms with Crippen LogP contribution in [0.4, 0.5) is 0 Å². The maximum absolute atomic E-state index is 10.6. The van der Waals surface area contributed by atoms with Crippen LogP contribution in [0.1, 0.15) is 16.3 Å². The number of benzene rings is 1. The molecule has 1 aromatic carbocycles. The number of carbonyl (C=O) groups is 1. The molecular formula is C12H6Br3O4-. The van der Waals surface area contributed by atoms with Crippen molar-refractivity contribution >= 4 is 53.8 Å². The molecule has 0 radical (unpaired) electrons. The van der Waals surface area contributed by atoms with Gasteiger partial charge in [-0.25, -0.2) is 0 Å². The van der Waals surface area contributed by atoms with Crippen molar-refractivity contribution in [1.82, 2.24) is 0 Å². The summed E-state index contributed by atoms with van der Waals surface area (Å²) in [5.41, 5.74) is 0. The molecule has 1 heterocycles. The van der Waals surface area contributed by atoms with E-state index in [4.69, 9.17) is 9.15 Å². The van der Waals surface area contributed by atoms with Crippen molar-refractivity contribution in [3.05, 3.63) is 49.2 Å². The van der Waals surface area contributed by atoms with Gasteiger partial charge >= 0.3 is 0 Å². The Hall–Kier alpha value is -0.790. The smallest absolute Gasteiger partial charge is 0.149 e. The molecule has 2 rings (SSSR count). The fourth-order valence-electron chi connectivity index (χ4n) is 1.38. The summed E-state index contributed by atoms with van der Waals surface area (Å²) < 4.78 is 13.1. The maximum atomic E-state index is 10.6. The van der Waals surface area contributed by atoms with Gasteiger partial charge in [0.05, 0.1) is 8.95 Å². The van der Waals surface area contributed by atoms with Gasteiger partial charge in [0.15, 0.2) is 0 Å². The highest BCUT2D eigenvalue weighted by molar-refractivity contribution is 9.11. The molecule has 19 heavy (non-hydrogen) atoms. The normalized spacial score (nSPS) is 10.5. The predicted molar refractivity (Wildman–Crippen MR) is 76.9 cm³/mol. The van der Waals surface area contributed by atoms with Gasteiger partial charge in [0.2, 0.25) is 0 Å². The number of ether oxygens (including phenoxy) is 1. The quantitative estimate of drug-likeness (QED) is 0.710. The van der Waals surface area contributed by atoms with Crippen LogP contribution in [-0.4, -0.2) is 5.97 Å². The van der Waals surface area contributed by atoms with Gasteiger partial charge in [-0.15, -0.1) is 0 Å². The molecule has 0 saturated heterocycles. The Morgan fingerprint density at radius 2 is 1.84 bits per heavy atom. The second-order valence-electron chi connectivity index (χ2n) is 3.54. The van der Waals surface area contributed by atoms with Crippen molar-refractivity contribution in [3.8, 4) is 5.75 Å². The summed E-state index contributed by atoms with van der Waals surface area (Å²) in [5, 5.41) is 10.6. The molecular weight excluding hydrogens is 448 g/mol. The van der Waals surface area contributed by atoms with E-state index >= 15 is 0 Å². The largest absolute Gasteiger partial charge is 0.542 e. The number of aromatic carboxylic acids is 1. The third-order valence-electron chi connectivity index (χ3n) is 2.18. The minimum Gasteiger partial charge on any atom is -0.542 e. The predicted octanol–water partition coefficient (Wildman–Crippen LogP) is 3.51. The van der Waals surface area contributed by atoms with E-state index in [1.54, 1.807) is 0 Å². The van der Waals surface area contributed by atoms with Gasteiger partial charge in [-0.05, 0) is 56.1 Å². The summed E-state index contributed by atoms with van der Waals surface area (Å²) in [4.78, 5) is 10.6. The number of carboxylic acids is 1. The van der Waals surface area contributed by atoms with Crippen molar-refractivity contribution < 1.29 is 19.1 Å². The van der Waals surface area contributed by atoms with Gasteiger partial charge in [-0.1, -0.05) is 15.9 Å². The molecule has 0 aliphatic heterocycles. The van der Waals surface area contributed by atoms with Crippen LogP contribution in [0, 0.1) is 0 Å². The van der Waals surface area contributed by atoms with E-state index in [1.165, 1.54) is 12.1 Å². The first-order valence-electron chi connectivity index (χ1n) is 5.05. The van der Waals surface area contributed by atoms with E-state index in [2.05, 4.69) is 47.8 Å². The summed E-state index contributed by atoms with van der Waals surface area (Å²) in [5.74, 6) is -0.555. The topological polar surface area (TPSA) is 62.5 Å². The molecule has 0 fully saturated rings. The maximum Gasteiger partial charge on any atom is 0.149 e.